The van der Waals surface area contributed by atoms with E-state index in [1.807, 2.05) is 6.07 Å². The molecule has 0 bridgehead atoms. The summed E-state index contributed by atoms with van der Waals surface area (Å²) in [6, 6.07) is 10.7. The highest BCUT2D eigenvalue weighted by Crippen LogP contribution is 2.26. The zero-order valence-corrected chi connectivity index (χ0v) is 9.55. The van der Waals surface area contributed by atoms with Crippen molar-refractivity contribution in [2.75, 3.05) is 26.2 Å². The molecule has 88 valence electrons. The quantitative estimate of drug-likeness (QED) is 0.796. The van der Waals surface area contributed by atoms with Crippen molar-refractivity contribution in [3.63, 3.8) is 0 Å². The van der Waals surface area contributed by atoms with Crippen molar-refractivity contribution in [2.24, 2.45) is 11.7 Å². The SMILES string of the molecule is NCC(c1ccccc1)N1CCC(CO)C1. The van der Waals surface area contributed by atoms with Crippen LogP contribution >= 0.6 is 0 Å². The number of aliphatic hydroxyl groups excluding tert-OH is 1. The van der Waals surface area contributed by atoms with Crippen molar-refractivity contribution in [3.8, 4) is 0 Å². The minimum atomic E-state index is 0.294. The maximum Gasteiger partial charge on any atom is 0.0471 e. The van der Waals surface area contributed by atoms with Crippen LogP contribution in [-0.2, 0) is 0 Å². The van der Waals surface area contributed by atoms with Crippen LogP contribution < -0.4 is 5.73 Å². The summed E-state index contributed by atoms with van der Waals surface area (Å²) in [5.74, 6) is 0.428. The first-order chi connectivity index (χ1) is 7.85. The molecule has 2 unspecified atom stereocenters. The smallest absolute Gasteiger partial charge is 0.0471 e. The van der Waals surface area contributed by atoms with Crippen LogP contribution in [0.3, 0.4) is 0 Å². The molecule has 3 nitrogen and oxygen atoms in total. The number of likely N-dealkylation sites (tertiary alicyclic amines) is 1. The Bertz CT molecular complexity index is 315. The third kappa shape index (κ3) is 2.43. The molecular weight excluding hydrogens is 200 g/mol. The lowest BCUT2D eigenvalue weighted by atomic mass is 10.1. The largest absolute Gasteiger partial charge is 0.396 e. The van der Waals surface area contributed by atoms with E-state index in [0.29, 0.717) is 25.1 Å². The molecule has 3 heteroatoms. The van der Waals surface area contributed by atoms with Crippen LogP contribution in [0.25, 0.3) is 0 Å². The van der Waals surface area contributed by atoms with Gasteiger partial charge in [-0.1, -0.05) is 30.3 Å². The molecule has 0 aliphatic carbocycles. The van der Waals surface area contributed by atoms with Gasteiger partial charge in [-0.2, -0.15) is 0 Å². The Labute approximate surface area is 96.9 Å². The molecule has 0 saturated carbocycles. The Morgan fingerprint density at radius 1 is 1.38 bits per heavy atom. The first kappa shape index (κ1) is 11.6. The van der Waals surface area contributed by atoms with Gasteiger partial charge in [0.05, 0.1) is 0 Å². The zero-order chi connectivity index (χ0) is 11.4. The lowest BCUT2D eigenvalue weighted by molar-refractivity contribution is 0.200. The van der Waals surface area contributed by atoms with Crippen molar-refractivity contribution >= 4 is 0 Å². The van der Waals surface area contributed by atoms with E-state index in [1.54, 1.807) is 0 Å². The molecule has 2 rings (SSSR count). The Hall–Kier alpha value is -0.900. The summed E-state index contributed by atoms with van der Waals surface area (Å²) in [7, 11) is 0. The lowest BCUT2D eigenvalue weighted by Crippen LogP contribution is -2.32. The number of hydrogen-bond donors (Lipinski definition) is 2. The van der Waals surface area contributed by atoms with Gasteiger partial charge in [0.15, 0.2) is 0 Å². The van der Waals surface area contributed by atoms with Gasteiger partial charge in [0.25, 0.3) is 0 Å². The average molecular weight is 220 g/mol. The molecule has 1 aromatic carbocycles. The monoisotopic (exact) mass is 220 g/mol. The van der Waals surface area contributed by atoms with Gasteiger partial charge in [-0.3, -0.25) is 4.90 Å². The highest BCUT2D eigenvalue weighted by Gasteiger charge is 2.27. The maximum absolute atomic E-state index is 9.15. The predicted molar refractivity (Wildman–Crippen MR) is 65.0 cm³/mol. The van der Waals surface area contributed by atoms with Crippen LogP contribution in [0.2, 0.25) is 0 Å². The molecule has 0 aromatic heterocycles. The third-order valence-electron chi connectivity index (χ3n) is 3.42. The van der Waals surface area contributed by atoms with Crippen molar-refractivity contribution in [2.45, 2.75) is 12.5 Å². The van der Waals surface area contributed by atoms with E-state index in [9.17, 15) is 0 Å². The zero-order valence-electron chi connectivity index (χ0n) is 9.55. The van der Waals surface area contributed by atoms with Crippen molar-refractivity contribution in [3.05, 3.63) is 35.9 Å². The Morgan fingerprint density at radius 2 is 2.12 bits per heavy atom. The summed E-state index contributed by atoms with van der Waals surface area (Å²) in [6.45, 7) is 2.94. The van der Waals surface area contributed by atoms with E-state index >= 15 is 0 Å². The highest BCUT2D eigenvalue weighted by molar-refractivity contribution is 5.19. The average Bonchev–Trinajstić information content (AvgIpc) is 2.80. The van der Waals surface area contributed by atoms with E-state index in [2.05, 4.69) is 29.2 Å². The second-order valence-corrected chi connectivity index (χ2v) is 4.49. The van der Waals surface area contributed by atoms with Gasteiger partial charge in [-0.15, -0.1) is 0 Å². The second kappa shape index (κ2) is 5.43. The van der Waals surface area contributed by atoms with E-state index < -0.39 is 0 Å². The number of benzene rings is 1. The minimum absolute atomic E-state index is 0.294. The van der Waals surface area contributed by atoms with Crippen LogP contribution in [0.15, 0.2) is 30.3 Å². The van der Waals surface area contributed by atoms with Gasteiger partial charge in [0, 0.05) is 25.7 Å². The number of rotatable bonds is 4. The van der Waals surface area contributed by atoms with Crippen LogP contribution in [0.4, 0.5) is 0 Å². The Kier molecular flexibility index (Phi) is 3.93. The first-order valence-electron chi connectivity index (χ1n) is 5.95. The maximum atomic E-state index is 9.15. The standard InChI is InChI=1S/C13H20N2O/c14-8-13(12-4-2-1-3-5-12)15-7-6-11(9-15)10-16/h1-5,11,13,16H,6-10,14H2. The summed E-state index contributed by atoms with van der Waals surface area (Å²) < 4.78 is 0. The summed E-state index contributed by atoms with van der Waals surface area (Å²) in [5, 5.41) is 9.15. The fourth-order valence-corrected chi connectivity index (χ4v) is 2.47. The van der Waals surface area contributed by atoms with Crippen LogP contribution in [0, 0.1) is 5.92 Å². The molecule has 1 aliphatic rings. The summed E-state index contributed by atoms with van der Waals surface area (Å²) in [6.07, 6.45) is 1.08. The number of nitrogens with two attached hydrogens (primary N) is 1. The molecule has 0 amide bonds. The number of aliphatic hydroxyl groups is 1. The molecule has 1 saturated heterocycles. The van der Waals surface area contributed by atoms with E-state index in [0.717, 1.165) is 19.5 Å². The fourth-order valence-electron chi connectivity index (χ4n) is 2.47. The summed E-state index contributed by atoms with van der Waals surface area (Å²) in [4.78, 5) is 2.39. The predicted octanol–water partition coefficient (Wildman–Crippen LogP) is 1.00. The van der Waals surface area contributed by atoms with Crippen molar-refractivity contribution < 1.29 is 5.11 Å². The molecule has 1 heterocycles. The topological polar surface area (TPSA) is 49.5 Å². The summed E-state index contributed by atoms with van der Waals surface area (Å²) >= 11 is 0. The van der Waals surface area contributed by atoms with Gasteiger partial charge in [0.2, 0.25) is 0 Å². The molecule has 1 aromatic rings. The van der Waals surface area contributed by atoms with Gasteiger partial charge in [0.1, 0.15) is 0 Å². The van der Waals surface area contributed by atoms with Crippen molar-refractivity contribution in [1.29, 1.82) is 0 Å². The lowest BCUT2D eigenvalue weighted by Gasteiger charge is -2.27. The number of nitrogens with zero attached hydrogens (tertiary/aromatic N) is 1. The Balaban J connectivity index is 2.06. The van der Waals surface area contributed by atoms with E-state index in [1.165, 1.54) is 5.56 Å². The van der Waals surface area contributed by atoms with Gasteiger partial charge < -0.3 is 10.8 Å². The van der Waals surface area contributed by atoms with Crippen molar-refractivity contribution in [1.82, 2.24) is 4.90 Å². The molecule has 16 heavy (non-hydrogen) atoms. The van der Waals surface area contributed by atoms with E-state index in [-0.39, 0.29) is 0 Å². The first-order valence-corrected chi connectivity index (χ1v) is 5.95. The van der Waals surface area contributed by atoms with Gasteiger partial charge in [-0.05, 0) is 24.4 Å². The fraction of sp³-hybridized carbons (Fsp3) is 0.538. The second-order valence-electron chi connectivity index (χ2n) is 4.49. The third-order valence-corrected chi connectivity index (χ3v) is 3.42. The number of hydrogen-bond acceptors (Lipinski definition) is 3. The van der Waals surface area contributed by atoms with Crippen LogP contribution in [0.5, 0.6) is 0 Å². The molecular formula is C13H20N2O. The molecule has 1 fully saturated rings. The highest BCUT2D eigenvalue weighted by atomic mass is 16.3. The normalized spacial score (nSPS) is 23.5. The van der Waals surface area contributed by atoms with Gasteiger partial charge >= 0.3 is 0 Å². The van der Waals surface area contributed by atoms with Crippen LogP contribution in [-0.4, -0.2) is 36.2 Å². The molecule has 0 radical (unpaired) electrons. The Morgan fingerprint density at radius 3 is 2.69 bits per heavy atom. The summed E-state index contributed by atoms with van der Waals surface area (Å²) in [5.41, 5.74) is 7.15. The molecule has 0 spiro atoms. The minimum Gasteiger partial charge on any atom is -0.396 e. The van der Waals surface area contributed by atoms with Crippen LogP contribution in [0.1, 0.15) is 18.0 Å². The molecule has 1 aliphatic heterocycles. The van der Waals surface area contributed by atoms with E-state index in [4.69, 9.17) is 10.8 Å². The molecule has 2 atom stereocenters. The van der Waals surface area contributed by atoms with Gasteiger partial charge in [-0.25, -0.2) is 0 Å². The molecule has 3 N–H and O–H groups in total.